The molecular formula is C14H13ClN4OS. The number of benzene rings is 1. The Morgan fingerprint density at radius 2 is 2.19 bits per heavy atom. The lowest BCUT2D eigenvalue weighted by Crippen LogP contribution is -2.15. The van der Waals surface area contributed by atoms with E-state index in [-0.39, 0.29) is 11.6 Å². The van der Waals surface area contributed by atoms with Gasteiger partial charge >= 0.3 is 0 Å². The fourth-order valence-electron chi connectivity index (χ4n) is 2.06. The maximum atomic E-state index is 12.1. The molecule has 1 atom stereocenters. The van der Waals surface area contributed by atoms with Gasteiger partial charge < -0.3 is 11.1 Å². The molecule has 3 rings (SSSR count). The highest BCUT2D eigenvalue weighted by molar-refractivity contribution is 7.16. The van der Waals surface area contributed by atoms with Crippen LogP contribution in [-0.4, -0.2) is 9.97 Å². The number of nitrogens with one attached hydrogen (secondary N) is 2. The zero-order valence-electron chi connectivity index (χ0n) is 11.2. The van der Waals surface area contributed by atoms with Crippen molar-refractivity contribution in [2.75, 3.05) is 11.1 Å². The molecule has 0 aliphatic rings. The lowest BCUT2D eigenvalue weighted by Gasteiger charge is -2.12. The van der Waals surface area contributed by atoms with Crippen LogP contribution in [0.5, 0.6) is 0 Å². The minimum Gasteiger partial charge on any atom is -0.399 e. The van der Waals surface area contributed by atoms with E-state index < -0.39 is 0 Å². The molecule has 2 heterocycles. The maximum absolute atomic E-state index is 12.1. The first kappa shape index (κ1) is 13.9. The fraction of sp³-hybridized carbons (Fsp3) is 0.143. The second-order valence-electron chi connectivity index (χ2n) is 4.70. The highest BCUT2D eigenvalue weighted by Gasteiger charge is 2.11. The molecule has 3 aromatic rings. The van der Waals surface area contributed by atoms with Crippen LogP contribution in [-0.2, 0) is 0 Å². The summed E-state index contributed by atoms with van der Waals surface area (Å²) in [6.45, 7) is 1.98. The van der Waals surface area contributed by atoms with Crippen molar-refractivity contribution in [3.8, 4) is 0 Å². The van der Waals surface area contributed by atoms with Crippen LogP contribution in [0.25, 0.3) is 10.9 Å². The minimum absolute atomic E-state index is 0.00289. The van der Waals surface area contributed by atoms with E-state index in [9.17, 15) is 4.79 Å². The van der Waals surface area contributed by atoms with Gasteiger partial charge in [-0.25, -0.2) is 4.98 Å². The van der Waals surface area contributed by atoms with Crippen LogP contribution in [0.3, 0.4) is 0 Å². The number of hydrogen-bond donors (Lipinski definition) is 3. The number of anilines is 2. The molecule has 0 radical (unpaired) electrons. The van der Waals surface area contributed by atoms with Gasteiger partial charge in [-0.1, -0.05) is 11.6 Å². The van der Waals surface area contributed by atoms with Gasteiger partial charge in [-0.2, -0.15) is 0 Å². The summed E-state index contributed by atoms with van der Waals surface area (Å²) in [6.07, 6.45) is 0. The van der Waals surface area contributed by atoms with E-state index in [1.807, 2.05) is 19.1 Å². The first-order chi connectivity index (χ1) is 10.0. The Morgan fingerprint density at radius 3 is 2.90 bits per heavy atom. The molecule has 108 valence electrons. The number of H-pyrrole nitrogens is 1. The standard InChI is InChI=1S/C14H13ClN4OS/c1-7(11-4-5-12(15)21-11)17-14-18-10-3-2-8(16)6-9(10)13(20)19-14/h2-7H,16H2,1H3,(H2,17,18,19,20). The van der Waals surface area contributed by atoms with Crippen molar-refractivity contribution in [3.63, 3.8) is 0 Å². The molecule has 0 saturated heterocycles. The Morgan fingerprint density at radius 1 is 1.38 bits per heavy atom. The molecule has 0 spiro atoms. The highest BCUT2D eigenvalue weighted by atomic mass is 35.5. The maximum Gasteiger partial charge on any atom is 0.260 e. The van der Waals surface area contributed by atoms with Gasteiger partial charge in [-0.3, -0.25) is 9.78 Å². The number of nitrogens with two attached hydrogens (primary N) is 1. The topological polar surface area (TPSA) is 83.8 Å². The third-order valence-electron chi connectivity index (χ3n) is 3.10. The van der Waals surface area contributed by atoms with E-state index in [0.717, 1.165) is 9.21 Å². The summed E-state index contributed by atoms with van der Waals surface area (Å²) in [7, 11) is 0. The highest BCUT2D eigenvalue weighted by Crippen LogP contribution is 2.28. The Balaban J connectivity index is 1.94. The molecule has 5 nitrogen and oxygen atoms in total. The molecule has 0 saturated carbocycles. The van der Waals surface area contributed by atoms with Crippen LogP contribution in [0.15, 0.2) is 35.1 Å². The van der Waals surface area contributed by atoms with E-state index in [2.05, 4.69) is 15.3 Å². The number of hydrogen-bond acceptors (Lipinski definition) is 5. The quantitative estimate of drug-likeness (QED) is 0.646. The summed E-state index contributed by atoms with van der Waals surface area (Å²) in [6, 6.07) is 8.87. The molecule has 7 heteroatoms. The minimum atomic E-state index is -0.216. The van der Waals surface area contributed by atoms with Crippen LogP contribution < -0.4 is 16.6 Å². The molecule has 2 aromatic heterocycles. The van der Waals surface area contributed by atoms with Gasteiger partial charge in [-0.05, 0) is 37.3 Å². The molecule has 0 bridgehead atoms. The first-order valence-corrected chi connectivity index (χ1v) is 7.54. The predicted molar refractivity (Wildman–Crippen MR) is 88.1 cm³/mol. The number of aromatic amines is 1. The van der Waals surface area contributed by atoms with Crippen molar-refractivity contribution in [2.45, 2.75) is 13.0 Å². The average Bonchev–Trinajstić information content (AvgIpc) is 2.86. The molecule has 1 unspecified atom stereocenters. The number of fused-ring (bicyclic) bond motifs is 1. The second kappa shape index (κ2) is 5.38. The second-order valence-corrected chi connectivity index (χ2v) is 6.45. The molecule has 0 fully saturated rings. The van der Waals surface area contributed by atoms with Crippen LogP contribution >= 0.6 is 22.9 Å². The molecule has 1 aromatic carbocycles. The van der Waals surface area contributed by atoms with Gasteiger partial charge in [0.05, 0.1) is 21.3 Å². The van der Waals surface area contributed by atoms with Gasteiger partial charge in [0.15, 0.2) is 0 Å². The molecule has 0 amide bonds. The van der Waals surface area contributed by atoms with Crippen molar-refractivity contribution in [1.29, 1.82) is 0 Å². The number of nitrogens with zero attached hydrogens (tertiary/aromatic N) is 1. The number of aromatic nitrogens is 2. The van der Waals surface area contributed by atoms with Gasteiger partial charge in [0, 0.05) is 10.6 Å². The van der Waals surface area contributed by atoms with Crippen molar-refractivity contribution in [3.05, 3.63) is 49.9 Å². The first-order valence-electron chi connectivity index (χ1n) is 6.34. The number of halogens is 1. The van der Waals surface area contributed by atoms with Crippen molar-refractivity contribution in [1.82, 2.24) is 9.97 Å². The lowest BCUT2D eigenvalue weighted by atomic mass is 10.2. The van der Waals surface area contributed by atoms with Gasteiger partial charge in [0.2, 0.25) is 5.95 Å². The summed E-state index contributed by atoms with van der Waals surface area (Å²) in [5.41, 5.74) is 6.61. The Labute approximate surface area is 129 Å². The van der Waals surface area contributed by atoms with Crippen molar-refractivity contribution in [2.24, 2.45) is 0 Å². The van der Waals surface area contributed by atoms with Crippen LogP contribution in [0.1, 0.15) is 17.8 Å². The summed E-state index contributed by atoms with van der Waals surface area (Å²) >= 11 is 7.42. The van der Waals surface area contributed by atoms with Crippen LogP contribution in [0.4, 0.5) is 11.6 Å². The summed E-state index contributed by atoms with van der Waals surface area (Å²) in [4.78, 5) is 20.3. The summed E-state index contributed by atoms with van der Waals surface area (Å²) in [5.74, 6) is 0.425. The average molecular weight is 321 g/mol. The molecule has 21 heavy (non-hydrogen) atoms. The molecule has 0 aliphatic heterocycles. The Bertz CT molecular complexity index is 858. The summed E-state index contributed by atoms with van der Waals surface area (Å²) < 4.78 is 0.731. The third-order valence-corrected chi connectivity index (χ3v) is 4.52. The Kier molecular flexibility index (Phi) is 3.57. The molecule has 4 N–H and O–H groups in total. The van der Waals surface area contributed by atoms with E-state index in [1.54, 1.807) is 18.2 Å². The third kappa shape index (κ3) is 2.86. The van der Waals surface area contributed by atoms with E-state index >= 15 is 0 Å². The predicted octanol–water partition coefficient (Wildman–Crippen LogP) is 3.39. The van der Waals surface area contributed by atoms with Crippen molar-refractivity contribution < 1.29 is 0 Å². The number of thiophene rings is 1. The summed E-state index contributed by atoms with van der Waals surface area (Å²) in [5, 5.41) is 3.65. The van der Waals surface area contributed by atoms with Crippen molar-refractivity contribution >= 4 is 45.5 Å². The Hall–Kier alpha value is -2.05. The number of rotatable bonds is 3. The monoisotopic (exact) mass is 320 g/mol. The molecular weight excluding hydrogens is 308 g/mol. The smallest absolute Gasteiger partial charge is 0.260 e. The normalized spacial score (nSPS) is 12.5. The van der Waals surface area contributed by atoms with Gasteiger partial charge in [0.1, 0.15) is 0 Å². The SMILES string of the molecule is CC(Nc1nc2ccc(N)cc2c(=O)[nH]1)c1ccc(Cl)s1. The van der Waals surface area contributed by atoms with Gasteiger partial charge in [-0.15, -0.1) is 11.3 Å². The molecule has 0 aliphatic carbocycles. The van der Waals surface area contributed by atoms with Gasteiger partial charge in [0.25, 0.3) is 5.56 Å². The van der Waals surface area contributed by atoms with E-state index in [0.29, 0.717) is 22.5 Å². The zero-order valence-corrected chi connectivity index (χ0v) is 12.8. The largest absolute Gasteiger partial charge is 0.399 e. The van der Waals surface area contributed by atoms with E-state index in [4.69, 9.17) is 17.3 Å². The van der Waals surface area contributed by atoms with Crippen LogP contribution in [0, 0.1) is 0 Å². The van der Waals surface area contributed by atoms with E-state index in [1.165, 1.54) is 11.3 Å². The number of nitrogen functional groups attached to an aromatic ring is 1. The lowest BCUT2D eigenvalue weighted by molar-refractivity contribution is 0.881. The van der Waals surface area contributed by atoms with Crippen LogP contribution in [0.2, 0.25) is 4.34 Å². The fourth-order valence-corrected chi connectivity index (χ4v) is 3.13. The zero-order chi connectivity index (χ0) is 15.0.